The number of anilines is 3. The second-order valence-electron chi connectivity index (χ2n) is 11.2. The Morgan fingerprint density at radius 3 is 2.13 bits per heavy atom. The molecule has 6 aromatic rings. The average Bonchev–Trinajstić information content (AvgIpc) is 3.11. The SMILES string of the molecule is CN(C(=O)Nc1cccc2ccccc12)c1cccc(-c2ccc(C[C@H](Nc3ccccc3C(=O)c3ccccc3)C(=O)O)cc2)c1. The van der Waals surface area contributed by atoms with Gasteiger partial charge in [-0.2, -0.15) is 0 Å². The van der Waals surface area contributed by atoms with Crippen molar-refractivity contribution in [3.8, 4) is 11.1 Å². The van der Waals surface area contributed by atoms with Crippen molar-refractivity contribution in [1.82, 2.24) is 0 Å². The summed E-state index contributed by atoms with van der Waals surface area (Å²) in [7, 11) is 1.73. The number of nitrogens with one attached hydrogen (secondary N) is 2. The van der Waals surface area contributed by atoms with E-state index in [4.69, 9.17) is 0 Å². The van der Waals surface area contributed by atoms with Crippen molar-refractivity contribution in [2.24, 2.45) is 0 Å². The second kappa shape index (κ2) is 13.8. The van der Waals surface area contributed by atoms with Crippen LogP contribution in [0.3, 0.4) is 0 Å². The van der Waals surface area contributed by atoms with E-state index < -0.39 is 12.0 Å². The Kier molecular flexibility index (Phi) is 9.06. The lowest BCUT2D eigenvalue weighted by molar-refractivity contribution is -0.137. The molecule has 0 spiro atoms. The van der Waals surface area contributed by atoms with E-state index >= 15 is 0 Å². The zero-order valence-corrected chi connectivity index (χ0v) is 25.8. The molecule has 6 rings (SSSR count). The molecule has 0 bridgehead atoms. The molecule has 6 aromatic carbocycles. The summed E-state index contributed by atoms with van der Waals surface area (Å²) in [5, 5.41) is 18.2. The van der Waals surface area contributed by atoms with E-state index in [1.165, 1.54) is 0 Å². The predicted molar refractivity (Wildman–Crippen MR) is 188 cm³/mol. The number of carbonyl (C=O) groups excluding carboxylic acids is 2. The molecule has 232 valence electrons. The second-order valence-corrected chi connectivity index (χ2v) is 11.2. The Bertz CT molecular complexity index is 2050. The number of urea groups is 1. The molecule has 7 heteroatoms. The van der Waals surface area contributed by atoms with Crippen LogP contribution in [0.5, 0.6) is 0 Å². The number of para-hydroxylation sites is 1. The summed E-state index contributed by atoms with van der Waals surface area (Å²) in [5.41, 5.74) is 5.55. The van der Waals surface area contributed by atoms with Gasteiger partial charge in [0.25, 0.3) is 0 Å². The zero-order chi connectivity index (χ0) is 32.8. The highest BCUT2D eigenvalue weighted by molar-refractivity contribution is 6.12. The molecule has 0 radical (unpaired) electrons. The monoisotopic (exact) mass is 619 g/mol. The topological polar surface area (TPSA) is 98.7 Å². The van der Waals surface area contributed by atoms with Crippen LogP contribution < -0.4 is 15.5 Å². The van der Waals surface area contributed by atoms with Crippen LogP contribution >= 0.6 is 0 Å². The van der Waals surface area contributed by atoms with Gasteiger partial charge in [0.15, 0.2) is 5.78 Å². The number of carboxylic acid groups (broad SMARTS) is 1. The lowest BCUT2D eigenvalue weighted by Crippen LogP contribution is -2.32. The number of hydrogen-bond donors (Lipinski definition) is 3. The maximum absolute atomic E-state index is 13.2. The number of amides is 2. The molecule has 3 N–H and O–H groups in total. The van der Waals surface area contributed by atoms with Crippen LogP contribution in [0.4, 0.5) is 21.9 Å². The van der Waals surface area contributed by atoms with Gasteiger partial charge in [-0.3, -0.25) is 9.69 Å². The van der Waals surface area contributed by atoms with Gasteiger partial charge in [-0.05, 0) is 52.4 Å². The fourth-order valence-electron chi connectivity index (χ4n) is 5.55. The molecular weight excluding hydrogens is 586 g/mol. The Morgan fingerprint density at radius 2 is 1.34 bits per heavy atom. The van der Waals surface area contributed by atoms with E-state index in [1.54, 1.807) is 60.5 Å². The van der Waals surface area contributed by atoms with Crippen LogP contribution in [0.1, 0.15) is 21.5 Å². The number of carbonyl (C=O) groups is 3. The van der Waals surface area contributed by atoms with Crippen LogP contribution in [-0.2, 0) is 11.2 Å². The third-order valence-corrected chi connectivity index (χ3v) is 8.13. The molecule has 0 aliphatic rings. The van der Waals surface area contributed by atoms with E-state index in [0.717, 1.165) is 38.8 Å². The van der Waals surface area contributed by atoms with Gasteiger partial charge in [0, 0.05) is 41.4 Å². The first-order valence-electron chi connectivity index (χ1n) is 15.3. The summed E-state index contributed by atoms with van der Waals surface area (Å²) in [6.45, 7) is 0. The first kappa shape index (κ1) is 30.8. The molecule has 0 aliphatic carbocycles. The van der Waals surface area contributed by atoms with Gasteiger partial charge in [0.2, 0.25) is 0 Å². The Labute approximate surface area is 273 Å². The maximum atomic E-state index is 13.2. The number of fused-ring (bicyclic) bond motifs is 1. The maximum Gasteiger partial charge on any atom is 0.326 e. The summed E-state index contributed by atoms with van der Waals surface area (Å²) in [6, 6.07) is 43.8. The van der Waals surface area contributed by atoms with Gasteiger partial charge in [-0.15, -0.1) is 0 Å². The summed E-state index contributed by atoms with van der Waals surface area (Å²) < 4.78 is 0. The molecule has 0 fully saturated rings. The number of ketones is 1. The van der Waals surface area contributed by atoms with Crippen LogP contribution in [0.15, 0.2) is 146 Å². The van der Waals surface area contributed by atoms with E-state index in [0.29, 0.717) is 16.8 Å². The Hall–Kier alpha value is -6.21. The van der Waals surface area contributed by atoms with Crippen LogP contribution in [0.2, 0.25) is 0 Å². The van der Waals surface area contributed by atoms with Gasteiger partial charge in [-0.25, -0.2) is 9.59 Å². The van der Waals surface area contributed by atoms with Crippen LogP contribution in [-0.4, -0.2) is 36.0 Å². The highest BCUT2D eigenvalue weighted by atomic mass is 16.4. The molecule has 1 atom stereocenters. The molecule has 7 nitrogen and oxygen atoms in total. The fourth-order valence-corrected chi connectivity index (χ4v) is 5.55. The molecule has 0 aliphatic heterocycles. The van der Waals surface area contributed by atoms with Gasteiger partial charge in [0.1, 0.15) is 6.04 Å². The number of benzene rings is 6. The molecule has 0 saturated heterocycles. The van der Waals surface area contributed by atoms with Crippen molar-refractivity contribution in [1.29, 1.82) is 0 Å². The predicted octanol–water partition coefficient (Wildman–Crippen LogP) is 8.51. The fraction of sp³-hybridized carbons (Fsp3) is 0.0750. The minimum atomic E-state index is -1.02. The van der Waals surface area contributed by atoms with E-state index in [-0.39, 0.29) is 18.2 Å². The largest absolute Gasteiger partial charge is 0.480 e. The number of rotatable bonds is 10. The first-order valence-corrected chi connectivity index (χ1v) is 15.3. The van der Waals surface area contributed by atoms with Crippen molar-refractivity contribution in [2.75, 3.05) is 22.6 Å². The number of hydrogen-bond acceptors (Lipinski definition) is 4. The van der Waals surface area contributed by atoms with Crippen molar-refractivity contribution >= 4 is 45.6 Å². The summed E-state index contributed by atoms with van der Waals surface area (Å²) in [6.07, 6.45) is 0.209. The summed E-state index contributed by atoms with van der Waals surface area (Å²) >= 11 is 0. The van der Waals surface area contributed by atoms with Gasteiger partial charge in [-0.1, -0.05) is 115 Å². The molecule has 2 amide bonds. The molecule has 0 unspecified atom stereocenters. The normalized spacial score (nSPS) is 11.4. The molecule has 0 saturated carbocycles. The van der Waals surface area contributed by atoms with Crippen LogP contribution in [0.25, 0.3) is 21.9 Å². The highest BCUT2D eigenvalue weighted by Gasteiger charge is 2.21. The average molecular weight is 620 g/mol. The Balaban J connectivity index is 1.15. The van der Waals surface area contributed by atoms with E-state index in [2.05, 4.69) is 10.6 Å². The summed E-state index contributed by atoms with van der Waals surface area (Å²) in [4.78, 5) is 40.3. The highest BCUT2D eigenvalue weighted by Crippen LogP contribution is 2.28. The lowest BCUT2D eigenvalue weighted by atomic mass is 9.98. The van der Waals surface area contributed by atoms with Crippen LogP contribution in [0, 0.1) is 0 Å². The standard InChI is InChI=1S/C40H33N3O4/c1-43(40(47)42-35-20-10-14-29-11-5-6-17-33(29)35)32-16-9-15-31(26-32)28-23-21-27(22-24-28)25-37(39(45)46)41-36-19-8-7-18-34(36)38(44)30-12-3-2-4-13-30/h2-24,26,37,41H,25H2,1H3,(H,42,47)(H,45,46)/t37-/m0/s1. The van der Waals surface area contributed by atoms with Crippen molar-refractivity contribution in [3.05, 3.63) is 162 Å². The van der Waals surface area contributed by atoms with E-state index in [1.807, 2.05) is 97.1 Å². The quantitative estimate of drug-likeness (QED) is 0.134. The van der Waals surface area contributed by atoms with Gasteiger partial charge < -0.3 is 15.7 Å². The molecule has 47 heavy (non-hydrogen) atoms. The minimum absolute atomic E-state index is 0.180. The third-order valence-electron chi connectivity index (χ3n) is 8.13. The number of nitrogens with zero attached hydrogens (tertiary/aromatic N) is 1. The molecular formula is C40H33N3O4. The lowest BCUT2D eigenvalue weighted by Gasteiger charge is -2.20. The molecule has 0 aromatic heterocycles. The van der Waals surface area contributed by atoms with Crippen molar-refractivity contribution in [3.63, 3.8) is 0 Å². The Morgan fingerprint density at radius 1 is 0.681 bits per heavy atom. The summed E-state index contributed by atoms with van der Waals surface area (Å²) in [5.74, 6) is -1.20. The number of carboxylic acids is 1. The zero-order valence-electron chi connectivity index (χ0n) is 25.8. The van der Waals surface area contributed by atoms with E-state index in [9.17, 15) is 19.5 Å². The minimum Gasteiger partial charge on any atom is -0.480 e. The van der Waals surface area contributed by atoms with Gasteiger partial charge >= 0.3 is 12.0 Å². The first-order chi connectivity index (χ1) is 22.9. The van der Waals surface area contributed by atoms with Crippen molar-refractivity contribution in [2.45, 2.75) is 12.5 Å². The van der Waals surface area contributed by atoms with Crippen molar-refractivity contribution < 1.29 is 19.5 Å². The molecule has 0 heterocycles. The van der Waals surface area contributed by atoms with Gasteiger partial charge in [0.05, 0.1) is 5.69 Å². The number of aliphatic carboxylic acids is 1. The third kappa shape index (κ3) is 7.05. The smallest absolute Gasteiger partial charge is 0.326 e.